The van der Waals surface area contributed by atoms with Gasteiger partial charge in [0.1, 0.15) is 5.75 Å². The standard InChI is InChI=1S/C15H21ClN2O2.ClH/c1-20-14-9-12(16)4-5-13(14)15(19)18-8-6-11-3-2-7-17-10-11;/h4-5,9,11,17H,2-3,6-8,10H2,1H3,(H,18,19);1H. The number of ether oxygens (including phenoxy) is 1. The molecule has 6 heteroatoms. The van der Waals surface area contributed by atoms with Gasteiger partial charge in [-0.2, -0.15) is 0 Å². The van der Waals surface area contributed by atoms with Crippen molar-refractivity contribution in [3.63, 3.8) is 0 Å². The van der Waals surface area contributed by atoms with E-state index >= 15 is 0 Å². The first-order valence-corrected chi connectivity index (χ1v) is 7.41. The molecule has 118 valence electrons. The number of hydrogen-bond acceptors (Lipinski definition) is 3. The van der Waals surface area contributed by atoms with Gasteiger partial charge >= 0.3 is 0 Å². The summed E-state index contributed by atoms with van der Waals surface area (Å²) in [6.07, 6.45) is 3.48. The summed E-state index contributed by atoms with van der Waals surface area (Å²) < 4.78 is 5.19. The van der Waals surface area contributed by atoms with Crippen molar-refractivity contribution in [2.45, 2.75) is 19.3 Å². The molecule has 1 atom stereocenters. The van der Waals surface area contributed by atoms with E-state index in [1.165, 1.54) is 20.0 Å². The molecule has 1 aromatic carbocycles. The van der Waals surface area contributed by atoms with Gasteiger partial charge in [0.15, 0.2) is 0 Å². The van der Waals surface area contributed by atoms with Crippen molar-refractivity contribution in [3.05, 3.63) is 28.8 Å². The third-order valence-corrected chi connectivity index (χ3v) is 3.88. The highest BCUT2D eigenvalue weighted by Crippen LogP contribution is 2.23. The third-order valence-electron chi connectivity index (χ3n) is 3.65. The lowest BCUT2D eigenvalue weighted by Gasteiger charge is -2.22. The Kier molecular flexibility index (Phi) is 7.86. The van der Waals surface area contributed by atoms with E-state index in [1.807, 2.05) is 0 Å². The van der Waals surface area contributed by atoms with E-state index in [9.17, 15) is 4.79 Å². The zero-order valence-electron chi connectivity index (χ0n) is 12.2. The molecular formula is C15H22Cl2N2O2. The Morgan fingerprint density at radius 2 is 2.33 bits per heavy atom. The fraction of sp³-hybridized carbons (Fsp3) is 0.533. The Bertz CT molecular complexity index is 463. The molecule has 1 unspecified atom stereocenters. The zero-order chi connectivity index (χ0) is 14.4. The van der Waals surface area contributed by atoms with Gasteiger partial charge in [0, 0.05) is 11.6 Å². The van der Waals surface area contributed by atoms with Gasteiger partial charge in [0.25, 0.3) is 5.91 Å². The second-order valence-corrected chi connectivity index (χ2v) is 5.54. The summed E-state index contributed by atoms with van der Waals surface area (Å²) >= 11 is 5.89. The van der Waals surface area contributed by atoms with Crippen LogP contribution < -0.4 is 15.4 Å². The molecule has 4 nitrogen and oxygen atoms in total. The molecule has 0 aromatic heterocycles. The second kappa shape index (κ2) is 9.13. The number of benzene rings is 1. The van der Waals surface area contributed by atoms with Crippen LogP contribution in [-0.2, 0) is 0 Å². The molecule has 1 amide bonds. The molecule has 1 aromatic rings. The number of rotatable bonds is 5. The predicted molar refractivity (Wildman–Crippen MR) is 87.8 cm³/mol. The summed E-state index contributed by atoms with van der Waals surface area (Å²) in [6.45, 7) is 2.86. The highest BCUT2D eigenvalue weighted by atomic mass is 35.5. The molecule has 1 aliphatic rings. The molecule has 0 saturated carbocycles. The van der Waals surface area contributed by atoms with Gasteiger partial charge in [-0.3, -0.25) is 4.79 Å². The van der Waals surface area contributed by atoms with E-state index in [1.54, 1.807) is 18.2 Å². The lowest BCUT2D eigenvalue weighted by atomic mass is 9.96. The first-order chi connectivity index (χ1) is 9.70. The van der Waals surface area contributed by atoms with Gasteiger partial charge < -0.3 is 15.4 Å². The van der Waals surface area contributed by atoms with Crippen molar-refractivity contribution < 1.29 is 9.53 Å². The van der Waals surface area contributed by atoms with Crippen LogP contribution in [0.15, 0.2) is 18.2 Å². The zero-order valence-corrected chi connectivity index (χ0v) is 13.7. The minimum Gasteiger partial charge on any atom is -0.496 e. The van der Waals surface area contributed by atoms with E-state index < -0.39 is 0 Å². The van der Waals surface area contributed by atoms with E-state index in [0.717, 1.165) is 19.5 Å². The van der Waals surface area contributed by atoms with E-state index in [2.05, 4.69) is 10.6 Å². The van der Waals surface area contributed by atoms with Gasteiger partial charge in [0.2, 0.25) is 0 Å². The summed E-state index contributed by atoms with van der Waals surface area (Å²) in [7, 11) is 1.54. The monoisotopic (exact) mass is 332 g/mol. The van der Waals surface area contributed by atoms with E-state index in [4.69, 9.17) is 16.3 Å². The van der Waals surface area contributed by atoms with Gasteiger partial charge in [-0.15, -0.1) is 12.4 Å². The molecule has 2 N–H and O–H groups in total. The Hall–Kier alpha value is -0.970. The summed E-state index contributed by atoms with van der Waals surface area (Å²) in [5.41, 5.74) is 0.527. The minimum absolute atomic E-state index is 0. The normalized spacial score (nSPS) is 17.7. The number of amides is 1. The Morgan fingerprint density at radius 3 is 3.00 bits per heavy atom. The van der Waals surface area contributed by atoms with Gasteiger partial charge in [0.05, 0.1) is 12.7 Å². The molecule has 0 aliphatic carbocycles. The number of nitrogens with one attached hydrogen (secondary N) is 2. The Morgan fingerprint density at radius 1 is 1.52 bits per heavy atom. The first kappa shape index (κ1) is 18.1. The lowest BCUT2D eigenvalue weighted by Crippen LogP contribution is -2.33. The van der Waals surface area contributed by atoms with Crippen LogP contribution in [0.25, 0.3) is 0 Å². The quantitative estimate of drug-likeness (QED) is 0.871. The molecule has 1 aliphatic heterocycles. The van der Waals surface area contributed by atoms with Crippen LogP contribution in [0.4, 0.5) is 0 Å². The van der Waals surface area contributed by atoms with Gasteiger partial charge in [-0.05, 0) is 56.5 Å². The SMILES string of the molecule is COc1cc(Cl)ccc1C(=O)NCCC1CCCNC1.Cl. The first-order valence-electron chi connectivity index (χ1n) is 7.03. The smallest absolute Gasteiger partial charge is 0.255 e. The summed E-state index contributed by atoms with van der Waals surface area (Å²) in [4.78, 5) is 12.1. The molecule has 0 spiro atoms. The molecule has 1 saturated heterocycles. The van der Waals surface area contributed by atoms with Crippen molar-refractivity contribution in [2.24, 2.45) is 5.92 Å². The van der Waals surface area contributed by atoms with Crippen LogP contribution in [0.2, 0.25) is 5.02 Å². The van der Waals surface area contributed by atoms with E-state index in [-0.39, 0.29) is 18.3 Å². The van der Waals surface area contributed by atoms with E-state index in [0.29, 0.717) is 28.8 Å². The molecular weight excluding hydrogens is 311 g/mol. The number of piperidine rings is 1. The molecule has 1 heterocycles. The maximum absolute atomic E-state index is 12.1. The number of carbonyl (C=O) groups is 1. The summed E-state index contributed by atoms with van der Waals surface area (Å²) in [6, 6.07) is 5.05. The van der Waals surface area contributed by atoms with Crippen LogP contribution in [0.1, 0.15) is 29.6 Å². The largest absolute Gasteiger partial charge is 0.496 e. The number of halogens is 2. The average molecular weight is 333 g/mol. The van der Waals surface area contributed by atoms with Crippen LogP contribution in [-0.4, -0.2) is 32.7 Å². The highest BCUT2D eigenvalue weighted by Gasteiger charge is 2.15. The Labute approximate surface area is 137 Å². The highest BCUT2D eigenvalue weighted by molar-refractivity contribution is 6.30. The predicted octanol–water partition coefficient (Wildman–Crippen LogP) is 2.89. The third kappa shape index (κ3) is 5.38. The van der Waals surface area contributed by atoms with Crippen LogP contribution >= 0.6 is 24.0 Å². The minimum atomic E-state index is -0.109. The average Bonchev–Trinajstić information content (AvgIpc) is 2.48. The van der Waals surface area contributed by atoms with Crippen LogP contribution in [0, 0.1) is 5.92 Å². The molecule has 0 bridgehead atoms. The lowest BCUT2D eigenvalue weighted by molar-refractivity contribution is 0.0947. The molecule has 2 rings (SSSR count). The van der Waals surface area contributed by atoms with Crippen LogP contribution in [0.5, 0.6) is 5.75 Å². The topological polar surface area (TPSA) is 50.4 Å². The molecule has 21 heavy (non-hydrogen) atoms. The number of carbonyl (C=O) groups excluding carboxylic acids is 1. The second-order valence-electron chi connectivity index (χ2n) is 5.10. The maximum atomic E-state index is 12.1. The van der Waals surface area contributed by atoms with Crippen molar-refractivity contribution in [1.82, 2.24) is 10.6 Å². The summed E-state index contributed by atoms with van der Waals surface area (Å²) in [5, 5.41) is 6.89. The van der Waals surface area contributed by atoms with Gasteiger partial charge in [-0.1, -0.05) is 11.6 Å². The van der Waals surface area contributed by atoms with Crippen molar-refractivity contribution >= 4 is 29.9 Å². The van der Waals surface area contributed by atoms with Crippen molar-refractivity contribution in [3.8, 4) is 5.75 Å². The van der Waals surface area contributed by atoms with Crippen molar-refractivity contribution in [1.29, 1.82) is 0 Å². The van der Waals surface area contributed by atoms with Crippen LogP contribution in [0.3, 0.4) is 0 Å². The molecule has 1 fully saturated rings. The van der Waals surface area contributed by atoms with Crippen molar-refractivity contribution in [2.75, 3.05) is 26.7 Å². The summed E-state index contributed by atoms with van der Waals surface area (Å²) in [5.74, 6) is 1.06. The fourth-order valence-corrected chi connectivity index (χ4v) is 2.67. The van der Waals surface area contributed by atoms with Gasteiger partial charge in [-0.25, -0.2) is 0 Å². The number of hydrogen-bond donors (Lipinski definition) is 2. The maximum Gasteiger partial charge on any atom is 0.255 e. The molecule has 0 radical (unpaired) electrons. The number of methoxy groups -OCH3 is 1. The Balaban J connectivity index is 0.00000220. The fourth-order valence-electron chi connectivity index (χ4n) is 2.51.